The molecule has 0 aliphatic rings. The van der Waals surface area contributed by atoms with Crippen LogP contribution in [0.1, 0.15) is 23.0 Å². The lowest BCUT2D eigenvalue weighted by Crippen LogP contribution is -2.12. The molecule has 0 atom stereocenters. The minimum Gasteiger partial charge on any atom is -0.497 e. The highest BCUT2D eigenvalue weighted by Gasteiger charge is 2.21. The van der Waals surface area contributed by atoms with E-state index in [1.54, 1.807) is 37.1 Å². The Hall–Kier alpha value is -2.50. The summed E-state index contributed by atoms with van der Waals surface area (Å²) >= 11 is 0. The number of rotatable bonds is 6. The number of hydrogen-bond donors (Lipinski definition) is 0. The highest BCUT2D eigenvalue weighted by molar-refractivity contribution is 6.10. The van der Waals surface area contributed by atoms with Gasteiger partial charge in [0.05, 0.1) is 27.5 Å². The number of carbonyl (C=O) groups excluding carboxylic acids is 1. The molecule has 6 heteroatoms. The molecule has 2 aromatic rings. The molecule has 1 aromatic carbocycles. The van der Waals surface area contributed by atoms with Gasteiger partial charge in [-0.2, -0.15) is 5.10 Å². The predicted molar refractivity (Wildman–Crippen MR) is 77.4 cm³/mol. The van der Waals surface area contributed by atoms with Gasteiger partial charge < -0.3 is 14.2 Å². The second-order valence-electron chi connectivity index (χ2n) is 4.31. The second kappa shape index (κ2) is 6.30. The second-order valence-corrected chi connectivity index (χ2v) is 4.31. The summed E-state index contributed by atoms with van der Waals surface area (Å²) in [5, 5.41) is 4.15. The maximum atomic E-state index is 12.8. The predicted octanol–water partition coefficient (Wildman–Crippen LogP) is 2.16. The molecule has 0 spiro atoms. The maximum absolute atomic E-state index is 12.8. The molecule has 0 fully saturated rings. The van der Waals surface area contributed by atoms with E-state index in [0.717, 1.165) is 0 Å². The van der Waals surface area contributed by atoms with Crippen molar-refractivity contribution in [2.75, 3.05) is 21.3 Å². The minimum absolute atomic E-state index is 0.191. The Bertz CT molecular complexity index is 605. The van der Waals surface area contributed by atoms with Gasteiger partial charge in [0.1, 0.15) is 11.5 Å². The van der Waals surface area contributed by atoms with E-state index in [2.05, 4.69) is 5.10 Å². The van der Waals surface area contributed by atoms with E-state index in [1.807, 2.05) is 6.92 Å². The van der Waals surface area contributed by atoms with Gasteiger partial charge in [0.25, 0.3) is 0 Å². The van der Waals surface area contributed by atoms with Crippen molar-refractivity contribution in [2.24, 2.45) is 0 Å². The van der Waals surface area contributed by atoms with Crippen LogP contribution in [0.4, 0.5) is 0 Å². The van der Waals surface area contributed by atoms with Crippen molar-refractivity contribution in [3.05, 3.63) is 35.7 Å². The van der Waals surface area contributed by atoms with Crippen molar-refractivity contribution in [1.82, 2.24) is 9.78 Å². The average Bonchev–Trinajstić information content (AvgIpc) is 2.96. The fourth-order valence-electron chi connectivity index (χ4n) is 2.06. The highest BCUT2D eigenvalue weighted by Crippen LogP contribution is 2.27. The van der Waals surface area contributed by atoms with Gasteiger partial charge in [-0.15, -0.1) is 0 Å². The number of hydrogen-bond acceptors (Lipinski definition) is 5. The van der Waals surface area contributed by atoms with Crippen LogP contribution < -0.4 is 14.2 Å². The number of ether oxygens (including phenoxy) is 3. The number of benzene rings is 1. The molecular formula is C15H18N2O4. The third kappa shape index (κ3) is 2.84. The summed E-state index contributed by atoms with van der Waals surface area (Å²) in [6.45, 7) is 2.49. The van der Waals surface area contributed by atoms with Crippen LogP contribution in [-0.2, 0) is 6.54 Å². The van der Waals surface area contributed by atoms with Gasteiger partial charge in [0.2, 0.25) is 5.78 Å². The van der Waals surface area contributed by atoms with Crippen LogP contribution in [-0.4, -0.2) is 36.9 Å². The number of aromatic nitrogens is 2. The molecule has 0 aliphatic heterocycles. The van der Waals surface area contributed by atoms with E-state index >= 15 is 0 Å². The van der Waals surface area contributed by atoms with Crippen molar-refractivity contribution in [3.63, 3.8) is 0 Å². The Morgan fingerprint density at radius 1 is 1.10 bits per heavy atom. The molecule has 0 aliphatic carbocycles. The lowest BCUT2D eigenvalue weighted by molar-refractivity contribution is 0.102. The molecule has 0 amide bonds. The molecule has 2 rings (SSSR count). The zero-order valence-corrected chi connectivity index (χ0v) is 12.5. The molecule has 21 heavy (non-hydrogen) atoms. The van der Waals surface area contributed by atoms with Crippen molar-refractivity contribution in [1.29, 1.82) is 0 Å². The molecule has 0 radical (unpaired) electrons. The SMILES string of the molecule is CCn1ncc(OC)c1C(=O)c1cc(OC)cc(OC)c1. The first-order valence-electron chi connectivity index (χ1n) is 6.52. The van der Waals surface area contributed by atoms with Gasteiger partial charge in [-0.3, -0.25) is 9.48 Å². The van der Waals surface area contributed by atoms with Gasteiger partial charge in [-0.1, -0.05) is 0 Å². The molecule has 0 saturated heterocycles. The molecule has 1 heterocycles. The Kier molecular flexibility index (Phi) is 4.47. The number of methoxy groups -OCH3 is 3. The summed E-state index contributed by atoms with van der Waals surface area (Å²) in [6, 6.07) is 5.04. The first-order valence-corrected chi connectivity index (χ1v) is 6.52. The van der Waals surface area contributed by atoms with Crippen LogP contribution in [0.25, 0.3) is 0 Å². The smallest absolute Gasteiger partial charge is 0.215 e. The Labute approximate surface area is 123 Å². The Balaban J connectivity index is 2.51. The standard InChI is InChI=1S/C15H18N2O4/c1-5-17-14(13(21-4)9-16-17)15(18)10-6-11(19-2)8-12(7-10)20-3/h6-9H,5H2,1-4H3. The van der Waals surface area contributed by atoms with Gasteiger partial charge in [-0.05, 0) is 19.1 Å². The minimum atomic E-state index is -0.191. The normalized spacial score (nSPS) is 10.3. The number of nitrogens with zero attached hydrogens (tertiary/aromatic N) is 2. The lowest BCUT2D eigenvalue weighted by Gasteiger charge is -2.10. The van der Waals surface area contributed by atoms with Crippen molar-refractivity contribution in [2.45, 2.75) is 13.5 Å². The molecule has 0 unspecified atom stereocenters. The van der Waals surface area contributed by atoms with E-state index in [-0.39, 0.29) is 5.78 Å². The summed E-state index contributed by atoms with van der Waals surface area (Å²) in [5.74, 6) is 1.37. The highest BCUT2D eigenvalue weighted by atomic mass is 16.5. The van der Waals surface area contributed by atoms with Crippen molar-refractivity contribution in [3.8, 4) is 17.2 Å². The first kappa shape index (κ1) is 14.9. The molecular weight excluding hydrogens is 272 g/mol. The van der Waals surface area contributed by atoms with E-state index in [0.29, 0.717) is 35.1 Å². The van der Waals surface area contributed by atoms with Crippen LogP contribution in [0.15, 0.2) is 24.4 Å². The topological polar surface area (TPSA) is 62.6 Å². The fourth-order valence-corrected chi connectivity index (χ4v) is 2.06. The Morgan fingerprint density at radius 2 is 1.71 bits per heavy atom. The molecule has 0 bridgehead atoms. The summed E-state index contributed by atoms with van der Waals surface area (Å²) in [7, 11) is 4.60. The largest absolute Gasteiger partial charge is 0.497 e. The monoisotopic (exact) mass is 290 g/mol. The average molecular weight is 290 g/mol. The molecule has 0 saturated carbocycles. The van der Waals surface area contributed by atoms with Gasteiger partial charge in [0.15, 0.2) is 11.4 Å². The fraction of sp³-hybridized carbons (Fsp3) is 0.333. The molecule has 0 N–H and O–H groups in total. The van der Waals surface area contributed by atoms with Crippen LogP contribution in [0.3, 0.4) is 0 Å². The molecule has 1 aromatic heterocycles. The number of carbonyl (C=O) groups is 1. The van der Waals surface area contributed by atoms with Gasteiger partial charge >= 0.3 is 0 Å². The zero-order chi connectivity index (χ0) is 15.4. The zero-order valence-electron chi connectivity index (χ0n) is 12.5. The van der Waals surface area contributed by atoms with E-state index in [4.69, 9.17) is 14.2 Å². The summed E-state index contributed by atoms with van der Waals surface area (Å²) in [4.78, 5) is 12.8. The first-order chi connectivity index (χ1) is 10.1. The maximum Gasteiger partial charge on any atom is 0.215 e. The third-order valence-corrected chi connectivity index (χ3v) is 3.15. The van der Waals surface area contributed by atoms with Crippen molar-refractivity contribution < 1.29 is 19.0 Å². The van der Waals surface area contributed by atoms with Crippen LogP contribution in [0.2, 0.25) is 0 Å². The van der Waals surface area contributed by atoms with Crippen LogP contribution >= 0.6 is 0 Å². The summed E-state index contributed by atoms with van der Waals surface area (Å²) < 4.78 is 17.2. The molecule has 112 valence electrons. The number of ketones is 1. The quantitative estimate of drug-likeness (QED) is 0.763. The number of aryl methyl sites for hydroxylation is 1. The summed E-state index contributed by atoms with van der Waals surface area (Å²) in [5.41, 5.74) is 0.870. The van der Waals surface area contributed by atoms with E-state index in [1.165, 1.54) is 13.3 Å². The third-order valence-electron chi connectivity index (χ3n) is 3.15. The van der Waals surface area contributed by atoms with Crippen LogP contribution in [0.5, 0.6) is 17.2 Å². The lowest BCUT2D eigenvalue weighted by atomic mass is 10.1. The molecule has 6 nitrogen and oxygen atoms in total. The summed E-state index contributed by atoms with van der Waals surface area (Å²) in [6.07, 6.45) is 1.54. The van der Waals surface area contributed by atoms with Gasteiger partial charge in [-0.25, -0.2) is 0 Å². The Morgan fingerprint density at radius 3 is 2.19 bits per heavy atom. The van der Waals surface area contributed by atoms with Crippen molar-refractivity contribution >= 4 is 5.78 Å². The van der Waals surface area contributed by atoms with Crippen LogP contribution in [0, 0.1) is 0 Å². The van der Waals surface area contributed by atoms with Gasteiger partial charge in [0, 0.05) is 18.2 Å². The van der Waals surface area contributed by atoms with E-state index < -0.39 is 0 Å². The van der Waals surface area contributed by atoms with E-state index in [9.17, 15) is 4.79 Å².